The first-order valence-corrected chi connectivity index (χ1v) is 7.36. The second-order valence-corrected chi connectivity index (χ2v) is 5.42. The van der Waals surface area contributed by atoms with Crippen molar-refractivity contribution in [1.29, 1.82) is 5.26 Å². The van der Waals surface area contributed by atoms with E-state index in [0.717, 1.165) is 42.9 Å². The minimum Gasteiger partial charge on any atom is -0.352 e. The predicted molar refractivity (Wildman–Crippen MR) is 84.6 cm³/mol. The molecule has 0 radical (unpaired) electrons. The maximum Gasteiger partial charge on any atom is 0.156 e. The highest BCUT2D eigenvalue weighted by Crippen LogP contribution is 2.30. The molecule has 4 rings (SSSR count). The van der Waals surface area contributed by atoms with Crippen LogP contribution in [0.2, 0.25) is 0 Å². The fourth-order valence-electron chi connectivity index (χ4n) is 2.93. The first-order valence-electron chi connectivity index (χ1n) is 7.36. The van der Waals surface area contributed by atoms with Crippen molar-refractivity contribution in [2.45, 2.75) is 0 Å². The standard InChI is InChI=1S/C16H13FN6/c17-13-6-14-11(5-10(13)7-18)12-8-20-9-21-15(12)16(22-14)23-3-1-19-2-4-23/h5-6,8-9,19H,1-4H2. The first kappa shape index (κ1) is 13.8. The Balaban J connectivity index is 2.04. The van der Waals surface area contributed by atoms with Crippen LogP contribution in [-0.2, 0) is 0 Å². The van der Waals surface area contributed by atoms with Gasteiger partial charge in [-0.15, -0.1) is 0 Å². The lowest BCUT2D eigenvalue weighted by atomic mass is 10.1. The Morgan fingerprint density at radius 3 is 2.83 bits per heavy atom. The number of hydrogen-bond donors (Lipinski definition) is 1. The molecule has 1 saturated heterocycles. The van der Waals surface area contributed by atoms with E-state index in [0.29, 0.717) is 10.9 Å². The molecule has 23 heavy (non-hydrogen) atoms. The zero-order valence-electron chi connectivity index (χ0n) is 12.3. The molecule has 1 N–H and O–H groups in total. The lowest BCUT2D eigenvalue weighted by Crippen LogP contribution is -2.44. The fourth-order valence-corrected chi connectivity index (χ4v) is 2.93. The molecule has 1 aromatic carbocycles. The summed E-state index contributed by atoms with van der Waals surface area (Å²) in [6.07, 6.45) is 3.17. The van der Waals surface area contributed by atoms with Crippen molar-refractivity contribution in [2.75, 3.05) is 31.1 Å². The van der Waals surface area contributed by atoms with Gasteiger partial charge in [-0.25, -0.2) is 19.3 Å². The van der Waals surface area contributed by atoms with Crippen LogP contribution in [-0.4, -0.2) is 41.1 Å². The molecular weight excluding hydrogens is 295 g/mol. The SMILES string of the molecule is N#Cc1cc2c(cc1F)nc(N1CCNCC1)c1ncncc12. The highest BCUT2D eigenvalue weighted by molar-refractivity contribution is 6.08. The van der Waals surface area contributed by atoms with Gasteiger partial charge in [0, 0.05) is 49.2 Å². The molecule has 0 atom stereocenters. The minimum absolute atomic E-state index is 0.000578. The van der Waals surface area contributed by atoms with Gasteiger partial charge in [0.25, 0.3) is 0 Å². The van der Waals surface area contributed by atoms with E-state index in [1.807, 2.05) is 6.07 Å². The van der Waals surface area contributed by atoms with Gasteiger partial charge in [0.15, 0.2) is 5.82 Å². The van der Waals surface area contributed by atoms with Crippen molar-refractivity contribution in [3.63, 3.8) is 0 Å². The lowest BCUT2D eigenvalue weighted by Gasteiger charge is -2.29. The number of nitrogens with zero attached hydrogens (tertiary/aromatic N) is 5. The van der Waals surface area contributed by atoms with E-state index in [1.165, 1.54) is 18.5 Å². The van der Waals surface area contributed by atoms with Gasteiger partial charge >= 0.3 is 0 Å². The number of halogens is 1. The Morgan fingerprint density at radius 1 is 1.22 bits per heavy atom. The second-order valence-electron chi connectivity index (χ2n) is 5.42. The van der Waals surface area contributed by atoms with Gasteiger partial charge in [-0.3, -0.25) is 0 Å². The summed E-state index contributed by atoms with van der Waals surface area (Å²) < 4.78 is 14.0. The number of pyridine rings is 1. The maximum absolute atomic E-state index is 14.0. The van der Waals surface area contributed by atoms with Gasteiger partial charge in [-0.05, 0) is 6.07 Å². The summed E-state index contributed by atoms with van der Waals surface area (Å²) in [5.74, 6) is 0.176. The van der Waals surface area contributed by atoms with Crippen LogP contribution in [0.25, 0.3) is 21.8 Å². The van der Waals surface area contributed by atoms with Crippen LogP contribution in [0.3, 0.4) is 0 Å². The van der Waals surface area contributed by atoms with E-state index in [4.69, 9.17) is 5.26 Å². The summed E-state index contributed by atoms with van der Waals surface area (Å²) in [7, 11) is 0. The average Bonchev–Trinajstić information content (AvgIpc) is 2.61. The molecule has 1 aliphatic rings. The van der Waals surface area contributed by atoms with Gasteiger partial charge < -0.3 is 10.2 Å². The summed E-state index contributed by atoms with van der Waals surface area (Å²) in [4.78, 5) is 15.2. The van der Waals surface area contributed by atoms with E-state index in [-0.39, 0.29) is 5.56 Å². The van der Waals surface area contributed by atoms with Gasteiger partial charge in [-0.2, -0.15) is 5.26 Å². The third-order valence-electron chi connectivity index (χ3n) is 4.06. The molecule has 3 heterocycles. The number of anilines is 1. The molecule has 7 heteroatoms. The van der Waals surface area contributed by atoms with Crippen LogP contribution in [0, 0.1) is 17.1 Å². The van der Waals surface area contributed by atoms with Crippen molar-refractivity contribution in [3.05, 3.63) is 36.0 Å². The largest absolute Gasteiger partial charge is 0.352 e. The Kier molecular flexibility index (Phi) is 3.24. The lowest BCUT2D eigenvalue weighted by molar-refractivity contribution is 0.586. The van der Waals surface area contributed by atoms with E-state index < -0.39 is 5.82 Å². The highest BCUT2D eigenvalue weighted by Gasteiger charge is 2.19. The molecule has 0 saturated carbocycles. The normalized spacial score (nSPS) is 15.0. The number of rotatable bonds is 1. The fraction of sp³-hybridized carbons (Fsp3) is 0.250. The topological polar surface area (TPSA) is 77.7 Å². The van der Waals surface area contributed by atoms with Gasteiger partial charge in [0.05, 0.1) is 11.1 Å². The minimum atomic E-state index is -0.560. The number of hydrogen-bond acceptors (Lipinski definition) is 6. The molecule has 1 aliphatic heterocycles. The Hall–Kier alpha value is -2.85. The van der Waals surface area contributed by atoms with Crippen molar-refractivity contribution >= 4 is 27.6 Å². The smallest absolute Gasteiger partial charge is 0.156 e. The molecule has 0 amide bonds. The van der Waals surface area contributed by atoms with Gasteiger partial charge in [0.2, 0.25) is 0 Å². The van der Waals surface area contributed by atoms with Gasteiger partial charge in [0.1, 0.15) is 23.7 Å². The number of aromatic nitrogens is 3. The van der Waals surface area contributed by atoms with Crippen molar-refractivity contribution < 1.29 is 4.39 Å². The Morgan fingerprint density at radius 2 is 2.04 bits per heavy atom. The molecule has 0 bridgehead atoms. The molecule has 114 valence electrons. The van der Waals surface area contributed by atoms with Crippen LogP contribution < -0.4 is 10.2 Å². The van der Waals surface area contributed by atoms with Crippen molar-refractivity contribution in [2.24, 2.45) is 0 Å². The quantitative estimate of drug-likeness (QED) is 0.688. The van der Waals surface area contributed by atoms with E-state index >= 15 is 0 Å². The second kappa shape index (κ2) is 5.41. The average molecular weight is 308 g/mol. The number of nitriles is 1. The van der Waals surface area contributed by atoms with Gasteiger partial charge in [-0.1, -0.05) is 0 Å². The van der Waals surface area contributed by atoms with Crippen LogP contribution in [0.5, 0.6) is 0 Å². The Labute approximate surface area is 131 Å². The highest BCUT2D eigenvalue weighted by atomic mass is 19.1. The zero-order valence-corrected chi connectivity index (χ0v) is 12.3. The zero-order chi connectivity index (χ0) is 15.8. The third-order valence-corrected chi connectivity index (χ3v) is 4.06. The van der Waals surface area contributed by atoms with E-state index in [1.54, 1.807) is 6.20 Å². The molecular formula is C16H13FN6. The molecule has 6 nitrogen and oxygen atoms in total. The molecule has 0 unspecified atom stereocenters. The summed E-state index contributed by atoms with van der Waals surface area (Å²) in [5.41, 5.74) is 1.24. The number of benzene rings is 1. The third kappa shape index (κ3) is 2.24. The number of nitrogens with one attached hydrogen (secondary N) is 1. The maximum atomic E-state index is 14.0. The molecule has 0 spiro atoms. The number of fused-ring (bicyclic) bond motifs is 3. The van der Waals surface area contributed by atoms with Crippen LogP contribution in [0.1, 0.15) is 5.56 Å². The van der Waals surface area contributed by atoms with E-state index in [2.05, 4.69) is 25.2 Å². The predicted octanol–water partition coefficient (Wildman–Crippen LogP) is 1.60. The van der Waals surface area contributed by atoms with E-state index in [9.17, 15) is 4.39 Å². The Bertz CT molecular complexity index is 943. The molecule has 3 aromatic rings. The molecule has 0 aliphatic carbocycles. The molecule has 2 aromatic heterocycles. The summed E-state index contributed by atoms with van der Waals surface area (Å²) in [5, 5.41) is 13.8. The summed E-state index contributed by atoms with van der Waals surface area (Å²) in [6.45, 7) is 3.37. The van der Waals surface area contributed by atoms with Crippen LogP contribution >= 0.6 is 0 Å². The summed E-state index contributed by atoms with van der Waals surface area (Å²) >= 11 is 0. The number of piperazine rings is 1. The molecule has 1 fully saturated rings. The van der Waals surface area contributed by atoms with Crippen molar-refractivity contribution in [1.82, 2.24) is 20.3 Å². The van der Waals surface area contributed by atoms with Crippen LogP contribution in [0.4, 0.5) is 10.2 Å². The first-order chi connectivity index (χ1) is 11.3. The van der Waals surface area contributed by atoms with Crippen LogP contribution in [0.15, 0.2) is 24.7 Å². The monoisotopic (exact) mass is 308 g/mol. The van der Waals surface area contributed by atoms with Crippen molar-refractivity contribution in [3.8, 4) is 6.07 Å². The summed E-state index contributed by atoms with van der Waals surface area (Å²) in [6, 6.07) is 4.70.